The number of halogens is 1. The highest BCUT2D eigenvalue weighted by atomic mass is 19.1. The Hall–Kier alpha value is -2.21. The number of aromatic nitrogens is 1. The summed E-state index contributed by atoms with van der Waals surface area (Å²) >= 11 is 0. The Labute approximate surface area is 139 Å². The third-order valence-corrected chi connectivity index (χ3v) is 4.66. The van der Waals surface area contributed by atoms with Crippen LogP contribution < -0.4 is 5.56 Å². The van der Waals surface area contributed by atoms with Crippen LogP contribution >= 0.6 is 0 Å². The molecule has 1 amide bonds. The summed E-state index contributed by atoms with van der Waals surface area (Å²) in [7, 11) is 0. The average molecular weight is 332 g/mol. The zero-order valence-corrected chi connectivity index (χ0v) is 13.6. The Morgan fingerprint density at radius 3 is 2.79 bits per heavy atom. The van der Waals surface area contributed by atoms with Crippen molar-refractivity contribution in [2.75, 3.05) is 13.1 Å². The molecule has 2 aromatic rings. The molecule has 1 saturated heterocycles. The first-order chi connectivity index (χ1) is 11.5. The van der Waals surface area contributed by atoms with Crippen LogP contribution in [0, 0.1) is 12.7 Å². The monoisotopic (exact) mass is 332 g/mol. The van der Waals surface area contributed by atoms with E-state index < -0.39 is 11.4 Å². The van der Waals surface area contributed by atoms with Crippen LogP contribution in [0.2, 0.25) is 0 Å². The van der Waals surface area contributed by atoms with Crippen LogP contribution in [-0.2, 0) is 11.2 Å². The van der Waals surface area contributed by atoms with Gasteiger partial charge in [0, 0.05) is 25.2 Å². The second-order valence-electron chi connectivity index (χ2n) is 6.39. The summed E-state index contributed by atoms with van der Waals surface area (Å²) < 4.78 is 13.8. The molecule has 0 radical (unpaired) electrons. The standard InChI is InChI=1S/C18H21FN2O3/c1-11-2-4-15(19)17-14(11)10-12(20-18(17)24)3-5-16(23)21-8-6-13(22)7-9-21/h2,4,10,13,22H,3,5-9H2,1H3,(H,20,24). The maximum atomic E-state index is 13.8. The topological polar surface area (TPSA) is 73.4 Å². The number of aliphatic hydroxyl groups excluding tert-OH is 1. The van der Waals surface area contributed by atoms with E-state index in [1.165, 1.54) is 6.07 Å². The Balaban J connectivity index is 1.75. The van der Waals surface area contributed by atoms with Gasteiger partial charge in [0.15, 0.2) is 0 Å². The summed E-state index contributed by atoms with van der Waals surface area (Å²) in [6.07, 6.45) is 1.59. The average Bonchev–Trinajstić information content (AvgIpc) is 2.56. The van der Waals surface area contributed by atoms with Crippen molar-refractivity contribution >= 4 is 16.7 Å². The first-order valence-electron chi connectivity index (χ1n) is 8.22. The number of carbonyl (C=O) groups excluding carboxylic acids is 1. The lowest BCUT2D eigenvalue weighted by Crippen LogP contribution is -2.40. The molecule has 1 fully saturated rings. The molecule has 24 heavy (non-hydrogen) atoms. The zero-order valence-electron chi connectivity index (χ0n) is 13.6. The van der Waals surface area contributed by atoms with E-state index in [4.69, 9.17) is 0 Å². The Morgan fingerprint density at radius 2 is 2.08 bits per heavy atom. The van der Waals surface area contributed by atoms with E-state index in [9.17, 15) is 19.1 Å². The van der Waals surface area contributed by atoms with Crippen molar-refractivity contribution in [2.45, 2.75) is 38.7 Å². The second-order valence-corrected chi connectivity index (χ2v) is 6.39. The van der Waals surface area contributed by atoms with Crippen LogP contribution in [0.5, 0.6) is 0 Å². The van der Waals surface area contributed by atoms with Crippen molar-refractivity contribution in [2.24, 2.45) is 0 Å². The number of pyridine rings is 1. The summed E-state index contributed by atoms with van der Waals surface area (Å²) in [5, 5.41) is 10.1. The van der Waals surface area contributed by atoms with E-state index in [-0.39, 0.29) is 23.8 Å². The van der Waals surface area contributed by atoms with Crippen molar-refractivity contribution < 1.29 is 14.3 Å². The maximum Gasteiger partial charge on any atom is 0.259 e. The number of hydrogen-bond donors (Lipinski definition) is 2. The Kier molecular flexibility index (Phi) is 4.66. The molecule has 5 nitrogen and oxygen atoms in total. The van der Waals surface area contributed by atoms with Crippen LogP contribution in [0.1, 0.15) is 30.5 Å². The minimum Gasteiger partial charge on any atom is -0.393 e. The molecule has 0 atom stereocenters. The highest BCUT2D eigenvalue weighted by Gasteiger charge is 2.21. The number of benzene rings is 1. The van der Waals surface area contributed by atoms with Crippen molar-refractivity contribution in [3.63, 3.8) is 0 Å². The van der Waals surface area contributed by atoms with E-state index in [0.29, 0.717) is 43.4 Å². The van der Waals surface area contributed by atoms with E-state index in [2.05, 4.69) is 4.98 Å². The minimum absolute atomic E-state index is 0.0128. The number of carbonyl (C=O) groups is 1. The molecule has 6 heteroatoms. The molecule has 1 aliphatic heterocycles. The number of amides is 1. The molecule has 1 aromatic carbocycles. The smallest absolute Gasteiger partial charge is 0.259 e. The number of aliphatic hydroxyl groups is 1. The van der Waals surface area contributed by atoms with Gasteiger partial charge in [-0.1, -0.05) is 6.07 Å². The van der Waals surface area contributed by atoms with Gasteiger partial charge in [0.2, 0.25) is 5.91 Å². The first kappa shape index (κ1) is 16.6. The SMILES string of the molecule is Cc1ccc(F)c2c(=O)[nH]c(CCC(=O)N3CCC(O)CC3)cc12. The molecule has 0 bridgehead atoms. The van der Waals surface area contributed by atoms with Gasteiger partial charge >= 0.3 is 0 Å². The molecule has 1 aromatic heterocycles. The fraction of sp³-hybridized carbons (Fsp3) is 0.444. The summed E-state index contributed by atoms with van der Waals surface area (Å²) in [4.78, 5) is 28.8. The number of aromatic amines is 1. The summed E-state index contributed by atoms with van der Waals surface area (Å²) in [5.41, 5.74) is 0.999. The third kappa shape index (κ3) is 3.33. The number of piperidine rings is 1. The quantitative estimate of drug-likeness (QED) is 0.901. The van der Waals surface area contributed by atoms with Gasteiger partial charge in [0.25, 0.3) is 5.56 Å². The van der Waals surface area contributed by atoms with Crippen LogP contribution in [0.15, 0.2) is 23.0 Å². The summed E-state index contributed by atoms with van der Waals surface area (Å²) in [6.45, 7) is 2.96. The van der Waals surface area contributed by atoms with Crippen molar-refractivity contribution in [3.05, 3.63) is 45.6 Å². The molecule has 1 aliphatic rings. The molecule has 0 saturated carbocycles. The largest absolute Gasteiger partial charge is 0.393 e. The molecule has 0 spiro atoms. The number of H-pyrrole nitrogens is 1. The normalized spacial score (nSPS) is 15.9. The summed E-state index contributed by atoms with van der Waals surface area (Å²) in [6, 6.07) is 4.69. The Morgan fingerprint density at radius 1 is 1.38 bits per heavy atom. The van der Waals surface area contributed by atoms with Crippen LogP contribution in [-0.4, -0.2) is 40.1 Å². The highest BCUT2D eigenvalue weighted by Crippen LogP contribution is 2.19. The highest BCUT2D eigenvalue weighted by molar-refractivity contribution is 5.85. The van der Waals surface area contributed by atoms with Crippen molar-refractivity contribution in [3.8, 4) is 0 Å². The molecule has 2 N–H and O–H groups in total. The van der Waals surface area contributed by atoms with Crippen LogP contribution in [0.25, 0.3) is 10.8 Å². The number of likely N-dealkylation sites (tertiary alicyclic amines) is 1. The van der Waals surface area contributed by atoms with Gasteiger partial charge in [0.1, 0.15) is 5.82 Å². The number of hydrogen-bond acceptors (Lipinski definition) is 3. The predicted octanol–water partition coefficient (Wildman–Crippen LogP) is 1.89. The lowest BCUT2D eigenvalue weighted by molar-refractivity contribution is -0.133. The van der Waals surface area contributed by atoms with Crippen LogP contribution in [0.3, 0.4) is 0 Å². The van der Waals surface area contributed by atoms with E-state index in [1.807, 2.05) is 6.92 Å². The minimum atomic E-state index is -0.536. The fourth-order valence-corrected chi connectivity index (χ4v) is 3.18. The Bertz CT molecular complexity index is 823. The molecule has 0 aliphatic carbocycles. The number of fused-ring (bicyclic) bond motifs is 1. The van der Waals surface area contributed by atoms with Gasteiger partial charge < -0.3 is 15.0 Å². The van der Waals surface area contributed by atoms with E-state index in [0.717, 1.165) is 5.56 Å². The maximum absolute atomic E-state index is 13.8. The lowest BCUT2D eigenvalue weighted by Gasteiger charge is -2.29. The molecular formula is C18H21FN2O3. The third-order valence-electron chi connectivity index (χ3n) is 4.66. The van der Waals surface area contributed by atoms with Gasteiger partial charge in [-0.15, -0.1) is 0 Å². The molecule has 3 rings (SSSR count). The van der Waals surface area contributed by atoms with Crippen LogP contribution in [0.4, 0.5) is 4.39 Å². The lowest BCUT2D eigenvalue weighted by atomic mass is 10.0. The van der Waals surface area contributed by atoms with Crippen molar-refractivity contribution in [1.82, 2.24) is 9.88 Å². The van der Waals surface area contributed by atoms with Gasteiger partial charge in [0.05, 0.1) is 11.5 Å². The van der Waals surface area contributed by atoms with E-state index >= 15 is 0 Å². The number of rotatable bonds is 3. The number of nitrogens with zero attached hydrogens (tertiary/aromatic N) is 1. The zero-order chi connectivity index (χ0) is 17.3. The predicted molar refractivity (Wildman–Crippen MR) is 89.4 cm³/mol. The van der Waals surface area contributed by atoms with Gasteiger partial charge in [-0.05, 0) is 49.3 Å². The molecule has 2 heterocycles. The second kappa shape index (κ2) is 6.73. The van der Waals surface area contributed by atoms with Gasteiger partial charge in [-0.3, -0.25) is 9.59 Å². The molecule has 128 valence electrons. The van der Waals surface area contributed by atoms with Crippen molar-refractivity contribution in [1.29, 1.82) is 0 Å². The summed E-state index contributed by atoms with van der Waals surface area (Å²) in [5.74, 6) is -0.523. The van der Waals surface area contributed by atoms with E-state index in [1.54, 1.807) is 17.0 Å². The fourth-order valence-electron chi connectivity index (χ4n) is 3.18. The number of nitrogens with one attached hydrogen (secondary N) is 1. The first-order valence-corrected chi connectivity index (χ1v) is 8.22. The number of aryl methyl sites for hydroxylation is 2. The molecule has 0 unspecified atom stereocenters. The van der Waals surface area contributed by atoms with Gasteiger partial charge in [-0.2, -0.15) is 0 Å². The van der Waals surface area contributed by atoms with Gasteiger partial charge in [-0.25, -0.2) is 4.39 Å². The molecular weight excluding hydrogens is 311 g/mol.